The van der Waals surface area contributed by atoms with Crippen LogP contribution >= 0.6 is 15.9 Å². The van der Waals surface area contributed by atoms with E-state index < -0.39 is 0 Å². The monoisotopic (exact) mass is 453 g/mol. The Labute approximate surface area is 179 Å². The molecule has 2 heterocycles. The van der Waals surface area contributed by atoms with Crippen molar-refractivity contribution in [3.05, 3.63) is 76.0 Å². The molecule has 1 aromatic heterocycles. The molecular weight excluding hydrogens is 430 g/mol. The van der Waals surface area contributed by atoms with E-state index in [0.29, 0.717) is 5.56 Å². The summed E-state index contributed by atoms with van der Waals surface area (Å²) in [5, 5.41) is 4.48. The van der Waals surface area contributed by atoms with Crippen molar-refractivity contribution in [3.8, 4) is 11.4 Å². The first-order chi connectivity index (χ1) is 14.1. The minimum atomic E-state index is 0.0660. The number of rotatable bonds is 5. The Bertz CT molecular complexity index is 1010. The van der Waals surface area contributed by atoms with E-state index in [4.69, 9.17) is 4.74 Å². The third-order valence-electron chi connectivity index (χ3n) is 5.55. The molecule has 1 atom stereocenters. The van der Waals surface area contributed by atoms with Crippen molar-refractivity contribution in [2.75, 3.05) is 13.7 Å². The predicted molar refractivity (Wildman–Crippen MR) is 117 cm³/mol. The summed E-state index contributed by atoms with van der Waals surface area (Å²) in [6, 6.07) is 16.2. The van der Waals surface area contributed by atoms with Crippen LogP contribution in [0.15, 0.2) is 59.2 Å². The van der Waals surface area contributed by atoms with Crippen molar-refractivity contribution in [2.24, 2.45) is 0 Å². The maximum atomic E-state index is 13.3. The molecule has 29 heavy (non-hydrogen) atoms. The van der Waals surface area contributed by atoms with E-state index in [2.05, 4.69) is 33.2 Å². The number of methoxy groups -OCH3 is 1. The van der Waals surface area contributed by atoms with Crippen LogP contribution in [0.4, 0.5) is 0 Å². The molecule has 0 N–H and O–H groups in total. The Morgan fingerprint density at radius 1 is 1.24 bits per heavy atom. The van der Waals surface area contributed by atoms with Gasteiger partial charge in [0.1, 0.15) is 5.75 Å². The molecular formula is C23H24BrN3O2. The highest BCUT2D eigenvalue weighted by molar-refractivity contribution is 9.10. The Kier molecular flexibility index (Phi) is 5.72. The fraction of sp³-hybridized carbons (Fsp3) is 0.304. The van der Waals surface area contributed by atoms with Crippen LogP contribution in [0.1, 0.15) is 34.5 Å². The SMILES string of the molecule is COc1cccc(CC2CCCN2C(=O)c2cnn(-c3ccc(Br)cc3)c2C)c1. The van der Waals surface area contributed by atoms with Crippen LogP contribution in [-0.2, 0) is 6.42 Å². The third kappa shape index (κ3) is 4.08. The van der Waals surface area contributed by atoms with Gasteiger partial charge in [0.25, 0.3) is 5.91 Å². The van der Waals surface area contributed by atoms with Gasteiger partial charge >= 0.3 is 0 Å². The third-order valence-corrected chi connectivity index (χ3v) is 6.08. The molecule has 0 spiro atoms. The number of nitrogens with zero attached hydrogens (tertiary/aromatic N) is 3. The fourth-order valence-electron chi connectivity index (χ4n) is 4.00. The van der Waals surface area contributed by atoms with Crippen molar-refractivity contribution in [1.82, 2.24) is 14.7 Å². The molecule has 3 aromatic rings. The maximum absolute atomic E-state index is 13.3. The van der Waals surface area contributed by atoms with Gasteiger partial charge in [-0.2, -0.15) is 5.10 Å². The highest BCUT2D eigenvalue weighted by atomic mass is 79.9. The van der Waals surface area contributed by atoms with E-state index >= 15 is 0 Å². The Balaban J connectivity index is 1.54. The number of aromatic nitrogens is 2. The van der Waals surface area contributed by atoms with Gasteiger partial charge in [0.2, 0.25) is 0 Å². The Morgan fingerprint density at radius 2 is 2.03 bits per heavy atom. The fourth-order valence-corrected chi connectivity index (χ4v) is 4.27. The number of ether oxygens (including phenoxy) is 1. The standard InChI is InChI=1S/C23H24BrN3O2/c1-16-22(15-25-27(16)19-10-8-18(24)9-11-19)23(28)26-12-4-6-20(26)13-17-5-3-7-21(14-17)29-2/h3,5,7-11,14-15,20H,4,6,12-13H2,1-2H3. The van der Waals surface area contributed by atoms with Crippen LogP contribution in [0.3, 0.4) is 0 Å². The zero-order chi connectivity index (χ0) is 20.4. The van der Waals surface area contributed by atoms with Crippen LogP contribution in [-0.4, -0.2) is 40.3 Å². The number of likely N-dealkylation sites (tertiary alicyclic amines) is 1. The summed E-state index contributed by atoms with van der Waals surface area (Å²) in [5.74, 6) is 0.918. The lowest BCUT2D eigenvalue weighted by Gasteiger charge is -2.25. The Hall–Kier alpha value is -2.60. The molecule has 0 aliphatic carbocycles. The summed E-state index contributed by atoms with van der Waals surface area (Å²) in [7, 11) is 1.68. The zero-order valence-corrected chi connectivity index (χ0v) is 18.2. The van der Waals surface area contributed by atoms with Crippen LogP contribution in [0.2, 0.25) is 0 Å². The highest BCUT2D eigenvalue weighted by Gasteiger charge is 2.31. The van der Waals surface area contributed by atoms with E-state index in [1.54, 1.807) is 13.3 Å². The second-order valence-electron chi connectivity index (χ2n) is 7.38. The van der Waals surface area contributed by atoms with Gasteiger partial charge < -0.3 is 9.64 Å². The van der Waals surface area contributed by atoms with Gasteiger partial charge in [0.15, 0.2) is 0 Å². The van der Waals surface area contributed by atoms with Crippen molar-refractivity contribution in [2.45, 2.75) is 32.2 Å². The lowest BCUT2D eigenvalue weighted by Crippen LogP contribution is -2.37. The normalized spacial score (nSPS) is 16.2. The smallest absolute Gasteiger partial charge is 0.257 e. The number of amides is 1. The second kappa shape index (κ2) is 8.41. The molecule has 1 saturated heterocycles. The first-order valence-electron chi connectivity index (χ1n) is 9.81. The largest absolute Gasteiger partial charge is 0.497 e. The summed E-state index contributed by atoms with van der Waals surface area (Å²) in [6.07, 6.45) is 4.58. The Morgan fingerprint density at radius 3 is 2.79 bits per heavy atom. The summed E-state index contributed by atoms with van der Waals surface area (Å²) in [6.45, 7) is 2.74. The lowest BCUT2D eigenvalue weighted by atomic mass is 10.0. The molecule has 1 aliphatic rings. The number of carbonyl (C=O) groups is 1. The molecule has 6 heteroatoms. The lowest BCUT2D eigenvalue weighted by molar-refractivity contribution is 0.0735. The average Bonchev–Trinajstić information content (AvgIpc) is 3.35. The number of halogens is 1. The van der Waals surface area contributed by atoms with Gasteiger partial charge in [-0.15, -0.1) is 0 Å². The highest BCUT2D eigenvalue weighted by Crippen LogP contribution is 2.26. The molecule has 0 bridgehead atoms. The molecule has 4 rings (SSSR count). The molecule has 0 radical (unpaired) electrons. The van der Waals surface area contributed by atoms with E-state index in [1.807, 2.05) is 52.9 Å². The molecule has 1 aliphatic heterocycles. The quantitative estimate of drug-likeness (QED) is 0.557. The van der Waals surface area contributed by atoms with Crippen LogP contribution in [0.5, 0.6) is 5.75 Å². The van der Waals surface area contributed by atoms with Gasteiger partial charge in [0, 0.05) is 17.1 Å². The van der Waals surface area contributed by atoms with Gasteiger partial charge in [-0.1, -0.05) is 28.1 Å². The van der Waals surface area contributed by atoms with Crippen LogP contribution < -0.4 is 4.74 Å². The zero-order valence-electron chi connectivity index (χ0n) is 16.6. The summed E-state index contributed by atoms with van der Waals surface area (Å²) in [5.41, 5.74) is 3.67. The number of carbonyl (C=O) groups excluding carboxylic acids is 1. The second-order valence-corrected chi connectivity index (χ2v) is 8.30. The maximum Gasteiger partial charge on any atom is 0.257 e. The topological polar surface area (TPSA) is 47.4 Å². The number of hydrogen-bond acceptors (Lipinski definition) is 3. The van der Waals surface area contributed by atoms with Crippen molar-refractivity contribution >= 4 is 21.8 Å². The minimum absolute atomic E-state index is 0.0660. The van der Waals surface area contributed by atoms with E-state index in [9.17, 15) is 4.79 Å². The molecule has 1 fully saturated rings. The molecule has 2 aromatic carbocycles. The van der Waals surface area contributed by atoms with Crippen LogP contribution in [0, 0.1) is 6.92 Å². The van der Waals surface area contributed by atoms with Crippen molar-refractivity contribution in [3.63, 3.8) is 0 Å². The summed E-state index contributed by atoms with van der Waals surface area (Å²) < 4.78 is 8.18. The molecule has 1 unspecified atom stereocenters. The van der Waals surface area contributed by atoms with Gasteiger partial charge in [-0.25, -0.2) is 4.68 Å². The van der Waals surface area contributed by atoms with E-state index in [0.717, 1.165) is 47.4 Å². The van der Waals surface area contributed by atoms with Crippen molar-refractivity contribution < 1.29 is 9.53 Å². The minimum Gasteiger partial charge on any atom is -0.497 e. The van der Waals surface area contributed by atoms with Gasteiger partial charge in [-0.05, 0) is 68.1 Å². The summed E-state index contributed by atoms with van der Waals surface area (Å²) >= 11 is 3.45. The molecule has 1 amide bonds. The molecule has 150 valence electrons. The number of benzene rings is 2. The number of hydrogen-bond donors (Lipinski definition) is 0. The van der Waals surface area contributed by atoms with Crippen LogP contribution in [0.25, 0.3) is 5.69 Å². The van der Waals surface area contributed by atoms with E-state index in [1.165, 1.54) is 5.56 Å². The average molecular weight is 454 g/mol. The molecule has 0 saturated carbocycles. The first-order valence-corrected chi connectivity index (χ1v) is 10.6. The van der Waals surface area contributed by atoms with Gasteiger partial charge in [0.05, 0.1) is 30.3 Å². The van der Waals surface area contributed by atoms with E-state index in [-0.39, 0.29) is 11.9 Å². The van der Waals surface area contributed by atoms with Gasteiger partial charge in [-0.3, -0.25) is 4.79 Å². The molecule has 5 nitrogen and oxygen atoms in total. The van der Waals surface area contributed by atoms with Crippen molar-refractivity contribution in [1.29, 1.82) is 0 Å². The first kappa shape index (κ1) is 19.7. The summed E-state index contributed by atoms with van der Waals surface area (Å²) in [4.78, 5) is 15.3. The predicted octanol–water partition coefficient (Wildman–Crippen LogP) is 4.80.